The standard InChI is InChI=1S/C17H23N5O3/c1-11-19-13(10-15(18-2)20-11)14-5-4-8-22(14)17(23)7-6-12-9-16(24-3)21-25-12/h9-10,14H,4-8H2,1-3H3,(H,18,19,20)/t14-/m0/s1. The maximum Gasteiger partial charge on any atom is 0.254 e. The van der Waals surface area contributed by atoms with E-state index in [0.717, 1.165) is 30.9 Å². The van der Waals surface area contributed by atoms with Crippen molar-refractivity contribution in [2.45, 2.75) is 38.6 Å². The number of anilines is 1. The van der Waals surface area contributed by atoms with Crippen molar-refractivity contribution in [2.75, 3.05) is 26.0 Å². The molecule has 1 aliphatic heterocycles. The molecule has 134 valence electrons. The average molecular weight is 345 g/mol. The Balaban J connectivity index is 1.68. The fourth-order valence-electron chi connectivity index (χ4n) is 3.14. The van der Waals surface area contributed by atoms with Gasteiger partial charge in [0, 0.05) is 38.6 Å². The molecule has 1 saturated heterocycles. The van der Waals surface area contributed by atoms with Gasteiger partial charge >= 0.3 is 0 Å². The van der Waals surface area contributed by atoms with Crippen molar-refractivity contribution < 1.29 is 14.1 Å². The number of hydrogen-bond acceptors (Lipinski definition) is 7. The smallest absolute Gasteiger partial charge is 0.254 e. The lowest BCUT2D eigenvalue weighted by Crippen LogP contribution is -2.31. The molecule has 1 fully saturated rings. The molecule has 0 bridgehead atoms. The predicted octanol–water partition coefficient (Wildman–Crippen LogP) is 2.12. The number of amides is 1. The van der Waals surface area contributed by atoms with Crippen molar-refractivity contribution in [1.29, 1.82) is 0 Å². The maximum absolute atomic E-state index is 12.7. The van der Waals surface area contributed by atoms with Crippen LogP contribution in [0.4, 0.5) is 5.82 Å². The first-order chi connectivity index (χ1) is 12.1. The Hall–Kier alpha value is -2.64. The summed E-state index contributed by atoms with van der Waals surface area (Å²) in [6.45, 7) is 2.61. The van der Waals surface area contributed by atoms with Crippen LogP contribution >= 0.6 is 0 Å². The number of carbonyl (C=O) groups excluding carboxylic acids is 1. The first-order valence-corrected chi connectivity index (χ1v) is 8.43. The van der Waals surface area contributed by atoms with Gasteiger partial charge in [0.2, 0.25) is 5.91 Å². The van der Waals surface area contributed by atoms with E-state index in [-0.39, 0.29) is 11.9 Å². The minimum absolute atomic E-state index is 0.00515. The van der Waals surface area contributed by atoms with Gasteiger partial charge < -0.3 is 19.5 Å². The second-order valence-corrected chi connectivity index (χ2v) is 6.06. The van der Waals surface area contributed by atoms with Crippen molar-refractivity contribution in [3.05, 3.63) is 29.4 Å². The molecular formula is C17H23N5O3. The summed E-state index contributed by atoms with van der Waals surface area (Å²) in [6.07, 6.45) is 2.77. The van der Waals surface area contributed by atoms with Crippen molar-refractivity contribution in [1.82, 2.24) is 20.0 Å². The maximum atomic E-state index is 12.7. The number of likely N-dealkylation sites (tertiary alicyclic amines) is 1. The Bertz CT molecular complexity index is 746. The van der Waals surface area contributed by atoms with Crippen LogP contribution in [-0.2, 0) is 11.2 Å². The fraction of sp³-hybridized carbons (Fsp3) is 0.529. The lowest BCUT2D eigenvalue weighted by molar-refractivity contribution is -0.132. The van der Waals surface area contributed by atoms with Crippen LogP contribution in [-0.4, -0.2) is 46.6 Å². The lowest BCUT2D eigenvalue weighted by Gasteiger charge is -2.24. The van der Waals surface area contributed by atoms with Crippen LogP contribution in [0.1, 0.15) is 42.6 Å². The summed E-state index contributed by atoms with van der Waals surface area (Å²) in [6, 6.07) is 3.64. The van der Waals surface area contributed by atoms with E-state index in [2.05, 4.69) is 20.4 Å². The number of rotatable bonds is 6. The summed E-state index contributed by atoms with van der Waals surface area (Å²) < 4.78 is 10.1. The van der Waals surface area contributed by atoms with Gasteiger partial charge in [-0.3, -0.25) is 4.79 Å². The van der Waals surface area contributed by atoms with Gasteiger partial charge in [-0.25, -0.2) is 9.97 Å². The number of aromatic nitrogens is 3. The highest BCUT2D eigenvalue weighted by Gasteiger charge is 2.31. The zero-order valence-electron chi connectivity index (χ0n) is 14.8. The first kappa shape index (κ1) is 17.2. The highest BCUT2D eigenvalue weighted by molar-refractivity contribution is 5.77. The second-order valence-electron chi connectivity index (χ2n) is 6.06. The van der Waals surface area contributed by atoms with E-state index >= 15 is 0 Å². The molecule has 1 N–H and O–H groups in total. The van der Waals surface area contributed by atoms with Crippen LogP contribution in [0.25, 0.3) is 0 Å². The monoisotopic (exact) mass is 345 g/mol. The number of hydrogen-bond donors (Lipinski definition) is 1. The Morgan fingerprint density at radius 3 is 3.00 bits per heavy atom. The highest BCUT2D eigenvalue weighted by atomic mass is 16.5. The minimum atomic E-state index is 0.00515. The zero-order valence-corrected chi connectivity index (χ0v) is 14.8. The highest BCUT2D eigenvalue weighted by Crippen LogP contribution is 2.32. The third-order valence-electron chi connectivity index (χ3n) is 4.36. The molecule has 0 radical (unpaired) electrons. The number of carbonyl (C=O) groups is 1. The third-order valence-corrected chi connectivity index (χ3v) is 4.36. The summed E-state index contributed by atoms with van der Waals surface area (Å²) in [4.78, 5) is 23.5. The minimum Gasteiger partial charge on any atom is -0.479 e. The fourth-order valence-corrected chi connectivity index (χ4v) is 3.14. The van der Waals surface area contributed by atoms with Crippen LogP contribution in [0, 0.1) is 6.92 Å². The molecule has 25 heavy (non-hydrogen) atoms. The van der Waals surface area contributed by atoms with Gasteiger partial charge in [-0.1, -0.05) is 0 Å². The first-order valence-electron chi connectivity index (χ1n) is 8.43. The van der Waals surface area contributed by atoms with Crippen LogP contribution in [0.3, 0.4) is 0 Å². The van der Waals surface area contributed by atoms with Gasteiger partial charge in [0.1, 0.15) is 17.4 Å². The van der Waals surface area contributed by atoms with Gasteiger partial charge in [0.25, 0.3) is 5.88 Å². The SMILES string of the molecule is CNc1cc([C@@H]2CCCN2C(=O)CCc2cc(OC)no2)nc(C)n1. The zero-order chi connectivity index (χ0) is 17.8. The van der Waals surface area contributed by atoms with Crippen molar-refractivity contribution in [3.8, 4) is 5.88 Å². The molecule has 2 aromatic heterocycles. The lowest BCUT2D eigenvalue weighted by atomic mass is 10.1. The molecule has 0 spiro atoms. The summed E-state index contributed by atoms with van der Waals surface area (Å²) in [5.74, 6) is 2.65. The van der Waals surface area contributed by atoms with Crippen molar-refractivity contribution >= 4 is 11.7 Å². The molecule has 3 rings (SSSR count). The molecule has 0 saturated carbocycles. The molecule has 1 atom stereocenters. The molecule has 1 amide bonds. The van der Waals surface area contributed by atoms with Crippen LogP contribution in [0.5, 0.6) is 5.88 Å². The molecule has 8 nitrogen and oxygen atoms in total. The molecule has 3 heterocycles. The number of aryl methyl sites for hydroxylation is 2. The summed E-state index contributed by atoms with van der Waals surface area (Å²) in [7, 11) is 3.36. The number of nitrogens with one attached hydrogen (secondary N) is 1. The Labute approximate surface area is 146 Å². The van der Waals surface area contributed by atoms with Crippen LogP contribution in [0.15, 0.2) is 16.7 Å². The molecule has 0 aliphatic carbocycles. The average Bonchev–Trinajstić information content (AvgIpc) is 3.28. The number of nitrogens with zero attached hydrogens (tertiary/aromatic N) is 4. The van der Waals surface area contributed by atoms with E-state index in [1.54, 1.807) is 6.07 Å². The van der Waals surface area contributed by atoms with Gasteiger partial charge in [-0.2, -0.15) is 0 Å². The van der Waals surface area contributed by atoms with E-state index in [9.17, 15) is 4.79 Å². The van der Waals surface area contributed by atoms with Crippen molar-refractivity contribution in [2.24, 2.45) is 0 Å². The number of ether oxygens (including phenoxy) is 1. The van der Waals surface area contributed by atoms with E-state index in [1.165, 1.54) is 7.11 Å². The van der Waals surface area contributed by atoms with Gasteiger partial charge in [-0.05, 0) is 24.9 Å². The molecule has 1 aliphatic rings. The van der Waals surface area contributed by atoms with E-state index in [1.807, 2.05) is 24.9 Å². The Kier molecular flexibility index (Phi) is 5.16. The molecule has 0 unspecified atom stereocenters. The van der Waals surface area contributed by atoms with E-state index in [4.69, 9.17) is 9.26 Å². The van der Waals surface area contributed by atoms with E-state index < -0.39 is 0 Å². The third kappa shape index (κ3) is 3.89. The molecule has 2 aromatic rings. The largest absolute Gasteiger partial charge is 0.479 e. The molecule has 0 aromatic carbocycles. The topological polar surface area (TPSA) is 93.4 Å². The van der Waals surface area contributed by atoms with Crippen LogP contribution < -0.4 is 10.1 Å². The van der Waals surface area contributed by atoms with E-state index in [0.29, 0.717) is 30.3 Å². The van der Waals surface area contributed by atoms with Crippen LogP contribution in [0.2, 0.25) is 0 Å². The van der Waals surface area contributed by atoms with Gasteiger partial charge in [0.15, 0.2) is 0 Å². The Morgan fingerprint density at radius 2 is 2.28 bits per heavy atom. The second kappa shape index (κ2) is 7.50. The van der Waals surface area contributed by atoms with Gasteiger partial charge in [-0.15, -0.1) is 0 Å². The van der Waals surface area contributed by atoms with Crippen molar-refractivity contribution in [3.63, 3.8) is 0 Å². The Morgan fingerprint density at radius 1 is 1.44 bits per heavy atom. The summed E-state index contributed by atoms with van der Waals surface area (Å²) in [5, 5.41) is 6.80. The predicted molar refractivity (Wildman–Crippen MR) is 91.4 cm³/mol. The summed E-state index contributed by atoms with van der Waals surface area (Å²) >= 11 is 0. The van der Waals surface area contributed by atoms with Gasteiger partial charge in [0.05, 0.1) is 18.8 Å². The molecular weight excluding hydrogens is 322 g/mol. The normalized spacial score (nSPS) is 16.9. The summed E-state index contributed by atoms with van der Waals surface area (Å²) in [5.41, 5.74) is 0.893. The number of methoxy groups -OCH3 is 1. The molecule has 8 heteroatoms. The quantitative estimate of drug-likeness (QED) is 0.857.